The Morgan fingerprint density at radius 1 is 1.20 bits per heavy atom. The lowest BCUT2D eigenvalue weighted by atomic mass is 9.80. The second-order valence-corrected chi connectivity index (χ2v) is 9.98. The number of aromatic nitrogens is 5. The summed E-state index contributed by atoms with van der Waals surface area (Å²) in [6, 6.07) is 1.82. The zero-order valence-electron chi connectivity index (χ0n) is 19.9. The number of carbonyl (C=O) groups excluding carboxylic acids is 1. The SMILES string of the molecule is CC(C)[C@H]1CC[C@H](n2cc(NC(=O)c3cnn4ccc(N5CC[C@H](O)C5)nc34)c(C(F)F)n2)CC1. The fraction of sp³-hybridized carbons (Fsp3) is 0.583. The molecule has 2 fully saturated rings. The number of aliphatic hydroxyl groups is 1. The van der Waals surface area contributed by atoms with Crippen LogP contribution in [0, 0.1) is 11.8 Å². The van der Waals surface area contributed by atoms with Gasteiger partial charge in [0.2, 0.25) is 0 Å². The van der Waals surface area contributed by atoms with E-state index in [2.05, 4.69) is 34.3 Å². The molecule has 0 unspecified atom stereocenters. The maximum absolute atomic E-state index is 13.8. The molecule has 3 aromatic rings. The number of aliphatic hydroxyl groups excluding tert-OH is 1. The van der Waals surface area contributed by atoms with E-state index in [1.807, 2.05) is 4.90 Å². The summed E-state index contributed by atoms with van der Waals surface area (Å²) in [5, 5.41) is 20.8. The Kier molecular flexibility index (Phi) is 6.43. The quantitative estimate of drug-likeness (QED) is 0.544. The molecule has 2 N–H and O–H groups in total. The molecular formula is C24H31F2N7O2. The van der Waals surface area contributed by atoms with E-state index in [-0.39, 0.29) is 17.3 Å². The molecule has 1 saturated heterocycles. The topological polar surface area (TPSA) is 101 Å². The van der Waals surface area contributed by atoms with Crippen molar-refractivity contribution in [2.45, 2.75) is 64.5 Å². The number of carbonyl (C=O) groups is 1. The average Bonchev–Trinajstić information content (AvgIpc) is 3.56. The number of anilines is 2. The zero-order chi connectivity index (χ0) is 24.7. The van der Waals surface area contributed by atoms with E-state index in [0.29, 0.717) is 42.8 Å². The van der Waals surface area contributed by atoms with Crippen LogP contribution in [-0.2, 0) is 0 Å². The van der Waals surface area contributed by atoms with Gasteiger partial charge in [0.15, 0.2) is 11.3 Å². The van der Waals surface area contributed by atoms with Crippen molar-refractivity contribution in [1.29, 1.82) is 0 Å². The van der Waals surface area contributed by atoms with Crippen molar-refractivity contribution in [2.24, 2.45) is 11.8 Å². The van der Waals surface area contributed by atoms with Gasteiger partial charge in [0.25, 0.3) is 12.3 Å². The molecule has 9 nitrogen and oxygen atoms in total. The van der Waals surface area contributed by atoms with Crippen LogP contribution in [0.3, 0.4) is 0 Å². The number of hydrogen-bond acceptors (Lipinski definition) is 6. The van der Waals surface area contributed by atoms with Gasteiger partial charge in [-0.1, -0.05) is 13.8 Å². The highest BCUT2D eigenvalue weighted by Gasteiger charge is 2.28. The van der Waals surface area contributed by atoms with Crippen molar-refractivity contribution in [3.05, 3.63) is 35.9 Å². The minimum atomic E-state index is -2.81. The van der Waals surface area contributed by atoms with Crippen molar-refractivity contribution >= 4 is 23.1 Å². The summed E-state index contributed by atoms with van der Waals surface area (Å²) in [5.41, 5.74) is 0.0750. The Balaban J connectivity index is 1.36. The Hall–Kier alpha value is -3.08. The standard InChI is InChI=1S/C24H31F2N7O2/c1-14(2)15-3-5-16(6-4-15)33-13-19(21(30-33)22(25)26)28-24(35)18-11-27-32-10-8-20(29-23(18)32)31-9-7-17(34)12-31/h8,10-11,13-17,22,34H,3-7,9,12H2,1-2H3,(H,28,35)/t15-,16-,17-/m0/s1. The molecule has 0 radical (unpaired) electrons. The van der Waals surface area contributed by atoms with Gasteiger partial charge in [0, 0.05) is 25.5 Å². The summed E-state index contributed by atoms with van der Waals surface area (Å²) in [4.78, 5) is 19.6. The number of β-amino-alcohol motifs (C(OH)–C–C–N with tert-alkyl or cyclic N) is 1. The molecule has 0 bridgehead atoms. The molecule has 0 aromatic carbocycles. The van der Waals surface area contributed by atoms with E-state index in [0.717, 1.165) is 25.7 Å². The largest absolute Gasteiger partial charge is 0.391 e. The summed E-state index contributed by atoms with van der Waals surface area (Å²) in [6.07, 6.45) is 5.86. The van der Waals surface area contributed by atoms with Crippen molar-refractivity contribution < 1.29 is 18.7 Å². The van der Waals surface area contributed by atoms with E-state index in [9.17, 15) is 18.7 Å². The smallest absolute Gasteiger partial charge is 0.284 e. The van der Waals surface area contributed by atoms with Gasteiger partial charge < -0.3 is 15.3 Å². The third kappa shape index (κ3) is 4.73. The first-order valence-corrected chi connectivity index (χ1v) is 12.3. The number of amides is 1. The Morgan fingerprint density at radius 2 is 1.97 bits per heavy atom. The molecule has 5 rings (SSSR count). The van der Waals surface area contributed by atoms with Crippen molar-refractivity contribution in [2.75, 3.05) is 23.3 Å². The van der Waals surface area contributed by atoms with E-state index >= 15 is 0 Å². The van der Waals surface area contributed by atoms with Gasteiger partial charge in [-0.05, 0) is 50.0 Å². The highest BCUT2D eigenvalue weighted by molar-refractivity contribution is 6.08. The van der Waals surface area contributed by atoms with Crippen LogP contribution in [0.5, 0.6) is 0 Å². The highest BCUT2D eigenvalue weighted by atomic mass is 19.3. The fourth-order valence-corrected chi connectivity index (χ4v) is 5.22. The molecule has 11 heteroatoms. The number of nitrogens with one attached hydrogen (secondary N) is 1. The number of hydrogen-bond donors (Lipinski definition) is 2. The molecule has 35 heavy (non-hydrogen) atoms. The molecule has 3 aromatic heterocycles. The van der Waals surface area contributed by atoms with Gasteiger partial charge in [-0.3, -0.25) is 9.48 Å². The van der Waals surface area contributed by atoms with Crippen LogP contribution in [0.4, 0.5) is 20.3 Å². The first-order valence-electron chi connectivity index (χ1n) is 12.3. The Bertz CT molecular complexity index is 1200. The van der Waals surface area contributed by atoms with Gasteiger partial charge in [-0.2, -0.15) is 10.2 Å². The number of alkyl halides is 2. The van der Waals surface area contributed by atoms with E-state index in [1.165, 1.54) is 16.9 Å². The number of nitrogens with zero attached hydrogens (tertiary/aromatic N) is 6. The maximum Gasteiger partial charge on any atom is 0.284 e. The molecule has 1 aliphatic carbocycles. The molecule has 4 heterocycles. The molecule has 1 atom stereocenters. The van der Waals surface area contributed by atoms with Crippen molar-refractivity contribution in [3.63, 3.8) is 0 Å². The molecule has 188 valence electrons. The first-order chi connectivity index (χ1) is 16.8. The minimum Gasteiger partial charge on any atom is -0.391 e. The highest BCUT2D eigenvalue weighted by Crippen LogP contribution is 2.37. The first kappa shape index (κ1) is 23.7. The van der Waals surface area contributed by atoms with Gasteiger partial charge in [-0.25, -0.2) is 18.3 Å². The van der Waals surface area contributed by atoms with Crippen LogP contribution in [0.15, 0.2) is 24.7 Å². The lowest BCUT2D eigenvalue weighted by molar-refractivity contribution is 0.102. The van der Waals surface area contributed by atoms with Gasteiger partial charge in [0.05, 0.1) is 24.0 Å². The van der Waals surface area contributed by atoms with Gasteiger partial charge in [0.1, 0.15) is 11.4 Å². The fourth-order valence-electron chi connectivity index (χ4n) is 5.22. The molecule has 1 amide bonds. The third-order valence-electron chi connectivity index (χ3n) is 7.36. The lowest BCUT2D eigenvalue weighted by Crippen LogP contribution is -2.22. The molecule has 1 aliphatic heterocycles. The average molecular weight is 488 g/mol. The summed E-state index contributed by atoms with van der Waals surface area (Å²) >= 11 is 0. The van der Waals surface area contributed by atoms with Crippen molar-refractivity contribution in [3.8, 4) is 0 Å². The zero-order valence-corrected chi connectivity index (χ0v) is 19.9. The molecule has 2 aliphatic rings. The number of fused-ring (bicyclic) bond motifs is 1. The summed E-state index contributed by atoms with van der Waals surface area (Å²) < 4.78 is 30.7. The number of rotatable bonds is 6. The third-order valence-corrected chi connectivity index (χ3v) is 7.36. The Labute approximate surface area is 202 Å². The summed E-state index contributed by atoms with van der Waals surface area (Å²) in [5.74, 6) is 1.31. The van der Waals surface area contributed by atoms with Crippen LogP contribution in [-0.4, -0.2) is 54.6 Å². The van der Waals surface area contributed by atoms with Crippen LogP contribution in [0.1, 0.15) is 74.5 Å². The second-order valence-electron chi connectivity index (χ2n) is 9.98. The maximum atomic E-state index is 13.8. The molecule has 1 saturated carbocycles. The van der Waals surface area contributed by atoms with Gasteiger partial charge >= 0.3 is 0 Å². The minimum absolute atomic E-state index is 0.00847. The van der Waals surface area contributed by atoms with Crippen LogP contribution in [0.2, 0.25) is 0 Å². The predicted molar refractivity (Wildman–Crippen MR) is 127 cm³/mol. The van der Waals surface area contributed by atoms with Crippen LogP contribution < -0.4 is 10.2 Å². The summed E-state index contributed by atoms with van der Waals surface area (Å²) in [6.45, 7) is 5.56. The van der Waals surface area contributed by atoms with E-state index < -0.39 is 24.1 Å². The number of halogens is 2. The molecule has 0 spiro atoms. The van der Waals surface area contributed by atoms with E-state index in [4.69, 9.17) is 0 Å². The van der Waals surface area contributed by atoms with Crippen LogP contribution in [0.25, 0.3) is 5.65 Å². The molecular weight excluding hydrogens is 456 g/mol. The predicted octanol–water partition coefficient (Wildman–Crippen LogP) is 4.07. The summed E-state index contributed by atoms with van der Waals surface area (Å²) in [7, 11) is 0. The Morgan fingerprint density at radius 3 is 2.63 bits per heavy atom. The monoisotopic (exact) mass is 487 g/mol. The normalized spacial score (nSPS) is 23.1. The lowest BCUT2D eigenvalue weighted by Gasteiger charge is -2.30. The van der Waals surface area contributed by atoms with E-state index in [1.54, 1.807) is 16.9 Å². The second kappa shape index (κ2) is 9.52. The van der Waals surface area contributed by atoms with Gasteiger partial charge in [-0.15, -0.1) is 0 Å². The van der Waals surface area contributed by atoms with Crippen molar-refractivity contribution in [1.82, 2.24) is 24.4 Å². The van der Waals surface area contributed by atoms with Crippen LogP contribution >= 0.6 is 0 Å².